The zero-order chi connectivity index (χ0) is 11.3. The van der Waals surface area contributed by atoms with Crippen molar-refractivity contribution in [3.63, 3.8) is 0 Å². The highest BCUT2D eigenvalue weighted by atomic mass is 35.5. The Morgan fingerprint density at radius 3 is 3.13 bits per heavy atom. The summed E-state index contributed by atoms with van der Waals surface area (Å²) in [5, 5.41) is 0.631. The van der Waals surface area contributed by atoms with E-state index in [9.17, 15) is 4.79 Å². The van der Waals surface area contributed by atoms with Gasteiger partial charge in [0.25, 0.3) is 5.22 Å². The van der Waals surface area contributed by atoms with Crippen LogP contribution in [0.4, 0.5) is 0 Å². The van der Waals surface area contributed by atoms with Crippen molar-refractivity contribution in [2.45, 2.75) is 24.3 Å². The largest absolute Gasteiger partial charge is 0.461 e. The zero-order valence-corrected chi connectivity index (χ0v) is 10.1. The molecule has 1 rings (SSSR count). The second-order valence-corrected chi connectivity index (χ2v) is 4.50. The molecule has 1 aromatic heterocycles. The normalized spacial score (nSPS) is 12.5. The fraction of sp³-hybridized carbons (Fsp3) is 0.556. The van der Waals surface area contributed by atoms with E-state index in [1.54, 1.807) is 6.92 Å². The van der Waals surface area contributed by atoms with E-state index in [4.69, 9.17) is 20.8 Å². The van der Waals surface area contributed by atoms with E-state index < -0.39 is 5.97 Å². The van der Waals surface area contributed by atoms with Gasteiger partial charge in [0.05, 0.1) is 6.61 Å². The van der Waals surface area contributed by atoms with E-state index in [1.807, 2.05) is 6.92 Å². The number of hydrogen-bond donors (Lipinski definition) is 0. The van der Waals surface area contributed by atoms with Gasteiger partial charge < -0.3 is 9.15 Å². The summed E-state index contributed by atoms with van der Waals surface area (Å²) < 4.78 is 9.87. The topological polar surface area (TPSA) is 52.3 Å². The number of oxazole rings is 1. The van der Waals surface area contributed by atoms with E-state index in [1.165, 1.54) is 18.0 Å². The second-order valence-electron chi connectivity index (χ2n) is 2.80. The third-order valence-corrected chi connectivity index (χ3v) is 3.09. The number of hydrogen-bond acceptors (Lipinski definition) is 5. The molecule has 0 bridgehead atoms. The Morgan fingerprint density at radius 2 is 2.53 bits per heavy atom. The lowest BCUT2D eigenvalue weighted by Gasteiger charge is -2.00. The minimum atomic E-state index is -0.466. The van der Waals surface area contributed by atoms with Crippen LogP contribution in [0.25, 0.3) is 0 Å². The fourth-order valence-corrected chi connectivity index (χ4v) is 1.66. The van der Waals surface area contributed by atoms with Gasteiger partial charge in [-0.2, -0.15) is 4.98 Å². The lowest BCUT2D eigenvalue weighted by Crippen LogP contribution is -2.04. The highest BCUT2D eigenvalue weighted by Crippen LogP contribution is 2.23. The Kier molecular flexibility index (Phi) is 4.98. The Morgan fingerprint density at radius 1 is 1.80 bits per heavy atom. The number of aromatic nitrogens is 1. The van der Waals surface area contributed by atoms with Gasteiger partial charge in [-0.15, -0.1) is 11.6 Å². The molecular formula is C9H12ClNO3S. The van der Waals surface area contributed by atoms with E-state index in [0.29, 0.717) is 17.7 Å². The van der Waals surface area contributed by atoms with Gasteiger partial charge in [0, 0.05) is 11.1 Å². The molecule has 0 amide bonds. The molecule has 1 unspecified atom stereocenters. The standard InChI is InChI=1S/C9H12ClNO3S/c1-3-13-8(12)7-5-14-9(11-7)15-6(2)4-10/h5-6H,3-4H2,1-2H3. The van der Waals surface area contributed by atoms with Gasteiger partial charge in [-0.3, -0.25) is 0 Å². The number of halogens is 1. The fourth-order valence-electron chi connectivity index (χ4n) is 0.814. The zero-order valence-electron chi connectivity index (χ0n) is 8.53. The van der Waals surface area contributed by atoms with Crippen molar-refractivity contribution in [2.24, 2.45) is 0 Å². The van der Waals surface area contributed by atoms with E-state index >= 15 is 0 Å². The van der Waals surface area contributed by atoms with Crippen LogP contribution in [0.5, 0.6) is 0 Å². The van der Waals surface area contributed by atoms with Gasteiger partial charge in [0.2, 0.25) is 0 Å². The lowest BCUT2D eigenvalue weighted by atomic mass is 10.5. The SMILES string of the molecule is CCOC(=O)c1coc(SC(C)CCl)n1. The molecular weight excluding hydrogens is 238 g/mol. The molecule has 0 radical (unpaired) electrons. The molecule has 0 aromatic carbocycles. The van der Waals surface area contributed by atoms with Crippen molar-refractivity contribution in [3.8, 4) is 0 Å². The first-order chi connectivity index (χ1) is 7.17. The number of esters is 1. The van der Waals surface area contributed by atoms with Crippen molar-refractivity contribution in [1.82, 2.24) is 4.98 Å². The maximum Gasteiger partial charge on any atom is 0.360 e. The van der Waals surface area contributed by atoms with Crippen LogP contribution in [-0.2, 0) is 4.74 Å². The van der Waals surface area contributed by atoms with Crippen LogP contribution in [-0.4, -0.2) is 28.7 Å². The summed E-state index contributed by atoms with van der Waals surface area (Å²) in [6.45, 7) is 4.02. The van der Waals surface area contributed by atoms with Crippen LogP contribution >= 0.6 is 23.4 Å². The summed E-state index contributed by atoms with van der Waals surface area (Å²) in [5.74, 6) is 0.0357. The number of nitrogens with zero attached hydrogens (tertiary/aromatic N) is 1. The molecule has 1 atom stereocenters. The van der Waals surface area contributed by atoms with Crippen LogP contribution in [0, 0.1) is 0 Å². The van der Waals surface area contributed by atoms with Gasteiger partial charge in [0.15, 0.2) is 5.69 Å². The monoisotopic (exact) mass is 249 g/mol. The average Bonchev–Trinajstić information content (AvgIpc) is 2.66. The van der Waals surface area contributed by atoms with Crippen molar-refractivity contribution >= 4 is 29.3 Å². The highest BCUT2D eigenvalue weighted by Gasteiger charge is 2.14. The molecule has 0 fully saturated rings. The van der Waals surface area contributed by atoms with E-state index in [-0.39, 0.29) is 10.9 Å². The minimum absolute atomic E-state index is 0.195. The number of rotatable bonds is 5. The Balaban J connectivity index is 2.59. The molecule has 15 heavy (non-hydrogen) atoms. The average molecular weight is 250 g/mol. The molecule has 1 aromatic rings. The maximum atomic E-state index is 11.2. The van der Waals surface area contributed by atoms with Gasteiger partial charge in [0.1, 0.15) is 6.26 Å². The van der Waals surface area contributed by atoms with E-state index in [0.717, 1.165) is 0 Å². The first-order valence-electron chi connectivity index (χ1n) is 4.52. The smallest absolute Gasteiger partial charge is 0.360 e. The van der Waals surface area contributed by atoms with Crippen LogP contribution in [0.2, 0.25) is 0 Å². The first-order valence-corrected chi connectivity index (χ1v) is 5.94. The minimum Gasteiger partial charge on any atom is -0.461 e. The van der Waals surface area contributed by atoms with Crippen LogP contribution < -0.4 is 0 Å². The number of thioether (sulfide) groups is 1. The molecule has 0 saturated heterocycles. The van der Waals surface area contributed by atoms with Crippen LogP contribution in [0.15, 0.2) is 15.9 Å². The summed E-state index contributed by atoms with van der Waals surface area (Å²) in [7, 11) is 0. The van der Waals surface area contributed by atoms with Gasteiger partial charge in [-0.05, 0) is 6.92 Å². The van der Waals surface area contributed by atoms with E-state index in [2.05, 4.69) is 4.98 Å². The van der Waals surface area contributed by atoms with Crippen molar-refractivity contribution < 1.29 is 13.9 Å². The highest BCUT2D eigenvalue weighted by molar-refractivity contribution is 7.99. The third-order valence-electron chi connectivity index (χ3n) is 1.49. The van der Waals surface area contributed by atoms with Crippen LogP contribution in [0.3, 0.4) is 0 Å². The Labute approximate surface area is 97.3 Å². The van der Waals surface area contributed by atoms with Gasteiger partial charge in [-0.1, -0.05) is 18.7 Å². The number of ether oxygens (including phenoxy) is 1. The van der Waals surface area contributed by atoms with Crippen molar-refractivity contribution in [3.05, 3.63) is 12.0 Å². The summed E-state index contributed by atoms with van der Waals surface area (Å²) in [4.78, 5) is 15.2. The maximum absolute atomic E-state index is 11.2. The Hall–Kier alpha value is -0.680. The van der Waals surface area contributed by atoms with Crippen LogP contribution in [0.1, 0.15) is 24.3 Å². The molecule has 1 heterocycles. The molecule has 0 spiro atoms. The quantitative estimate of drug-likeness (QED) is 0.456. The molecule has 0 saturated carbocycles. The molecule has 0 aliphatic rings. The number of carbonyl (C=O) groups excluding carboxylic acids is 1. The van der Waals surface area contributed by atoms with Gasteiger partial charge >= 0.3 is 5.97 Å². The number of carbonyl (C=O) groups is 1. The summed E-state index contributed by atoms with van der Waals surface area (Å²) in [6.07, 6.45) is 1.29. The molecule has 0 aliphatic carbocycles. The predicted molar refractivity (Wildman–Crippen MR) is 58.5 cm³/mol. The molecule has 0 N–H and O–H groups in total. The first kappa shape index (κ1) is 12.4. The van der Waals surface area contributed by atoms with Crippen molar-refractivity contribution in [1.29, 1.82) is 0 Å². The molecule has 0 aliphatic heterocycles. The predicted octanol–water partition coefficient (Wildman–Crippen LogP) is 2.57. The third kappa shape index (κ3) is 3.76. The Bertz CT molecular complexity index is 329. The lowest BCUT2D eigenvalue weighted by molar-refractivity contribution is 0.0519. The summed E-state index contributed by atoms with van der Waals surface area (Å²) in [5.41, 5.74) is 0.195. The number of alkyl halides is 1. The summed E-state index contributed by atoms with van der Waals surface area (Å²) in [6, 6.07) is 0. The molecule has 84 valence electrons. The second kappa shape index (κ2) is 6.02. The van der Waals surface area contributed by atoms with Crippen molar-refractivity contribution in [2.75, 3.05) is 12.5 Å². The molecule has 6 heteroatoms. The van der Waals surface area contributed by atoms with Gasteiger partial charge in [-0.25, -0.2) is 4.79 Å². The summed E-state index contributed by atoms with van der Waals surface area (Å²) >= 11 is 7.02. The molecule has 4 nitrogen and oxygen atoms in total.